The minimum Gasteiger partial charge on any atom is -0.465 e. The van der Waals surface area contributed by atoms with E-state index in [-0.39, 0.29) is 5.97 Å². The van der Waals surface area contributed by atoms with Crippen LogP contribution in [0.5, 0.6) is 0 Å². The standard InChI is InChI=1S/C16H20N4O2S/c1-11-17-16(23-19-11)20-8-6-13(7-9-20)18-14-5-3-4-12(10-14)15(21)22-2/h3-5,10,13,18H,6-9H2,1-2H3. The molecule has 0 amide bonds. The summed E-state index contributed by atoms with van der Waals surface area (Å²) in [6, 6.07) is 7.85. The van der Waals surface area contributed by atoms with Crippen LogP contribution in [0.25, 0.3) is 0 Å². The van der Waals surface area contributed by atoms with Gasteiger partial charge in [-0.2, -0.15) is 4.37 Å². The summed E-state index contributed by atoms with van der Waals surface area (Å²) in [7, 11) is 1.40. The van der Waals surface area contributed by atoms with E-state index in [0.717, 1.165) is 42.6 Å². The average molecular weight is 332 g/mol. The zero-order chi connectivity index (χ0) is 16.2. The smallest absolute Gasteiger partial charge is 0.337 e. The van der Waals surface area contributed by atoms with Crippen LogP contribution in [0.4, 0.5) is 10.8 Å². The number of rotatable bonds is 4. The fourth-order valence-corrected chi connectivity index (χ4v) is 3.44. The number of nitrogens with one attached hydrogen (secondary N) is 1. The number of anilines is 2. The molecule has 1 fully saturated rings. The van der Waals surface area contributed by atoms with Gasteiger partial charge in [0.1, 0.15) is 5.82 Å². The molecule has 23 heavy (non-hydrogen) atoms. The van der Waals surface area contributed by atoms with Gasteiger partial charge in [-0.25, -0.2) is 9.78 Å². The lowest BCUT2D eigenvalue weighted by atomic mass is 10.0. The molecule has 2 heterocycles. The largest absolute Gasteiger partial charge is 0.465 e. The molecular weight excluding hydrogens is 312 g/mol. The van der Waals surface area contributed by atoms with Crippen LogP contribution >= 0.6 is 11.5 Å². The summed E-state index contributed by atoms with van der Waals surface area (Å²) in [5.74, 6) is 0.528. The van der Waals surface area contributed by atoms with Gasteiger partial charge >= 0.3 is 5.97 Å². The van der Waals surface area contributed by atoms with Crippen molar-refractivity contribution in [2.24, 2.45) is 0 Å². The lowest BCUT2D eigenvalue weighted by molar-refractivity contribution is 0.0601. The predicted octanol–water partition coefficient (Wildman–Crippen LogP) is 2.71. The van der Waals surface area contributed by atoms with Crippen molar-refractivity contribution in [3.05, 3.63) is 35.7 Å². The lowest BCUT2D eigenvalue weighted by Crippen LogP contribution is -2.39. The first-order valence-corrected chi connectivity index (χ1v) is 8.43. The van der Waals surface area contributed by atoms with Gasteiger partial charge in [0, 0.05) is 36.4 Å². The summed E-state index contributed by atoms with van der Waals surface area (Å²) < 4.78 is 9.00. The average Bonchev–Trinajstić information content (AvgIpc) is 3.01. The number of nitrogens with zero attached hydrogens (tertiary/aromatic N) is 3. The highest BCUT2D eigenvalue weighted by molar-refractivity contribution is 7.09. The van der Waals surface area contributed by atoms with Gasteiger partial charge in [0.05, 0.1) is 12.7 Å². The number of hydrogen-bond donors (Lipinski definition) is 1. The fourth-order valence-electron chi connectivity index (χ4n) is 2.72. The molecule has 1 aromatic carbocycles. The summed E-state index contributed by atoms with van der Waals surface area (Å²) in [6.07, 6.45) is 2.06. The third-order valence-corrected chi connectivity index (χ3v) is 4.81. The Hall–Kier alpha value is -2.15. The molecule has 0 aliphatic carbocycles. The van der Waals surface area contributed by atoms with E-state index in [1.807, 2.05) is 25.1 Å². The number of esters is 1. The lowest BCUT2D eigenvalue weighted by Gasteiger charge is -2.32. The molecule has 1 aliphatic rings. The van der Waals surface area contributed by atoms with Crippen molar-refractivity contribution in [2.45, 2.75) is 25.8 Å². The Bertz CT molecular complexity index is 680. The number of aryl methyl sites for hydroxylation is 1. The van der Waals surface area contributed by atoms with Gasteiger partial charge in [0.2, 0.25) is 5.13 Å². The summed E-state index contributed by atoms with van der Waals surface area (Å²) >= 11 is 1.46. The summed E-state index contributed by atoms with van der Waals surface area (Å²) in [5.41, 5.74) is 1.53. The summed E-state index contributed by atoms with van der Waals surface area (Å²) in [6.45, 7) is 3.84. The van der Waals surface area contributed by atoms with Crippen LogP contribution in [0.15, 0.2) is 24.3 Å². The highest BCUT2D eigenvalue weighted by atomic mass is 32.1. The molecule has 0 bridgehead atoms. The van der Waals surface area contributed by atoms with E-state index in [0.29, 0.717) is 11.6 Å². The highest BCUT2D eigenvalue weighted by Crippen LogP contribution is 2.23. The molecule has 0 atom stereocenters. The molecule has 0 spiro atoms. The predicted molar refractivity (Wildman–Crippen MR) is 91.3 cm³/mol. The Labute approximate surface area is 139 Å². The summed E-state index contributed by atoms with van der Waals surface area (Å²) in [4.78, 5) is 18.3. The van der Waals surface area contributed by atoms with Crippen LogP contribution in [-0.2, 0) is 4.74 Å². The first-order valence-electron chi connectivity index (χ1n) is 7.66. The van der Waals surface area contributed by atoms with Gasteiger partial charge in [-0.15, -0.1) is 0 Å². The van der Waals surface area contributed by atoms with E-state index < -0.39 is 0 Å². The zero-order valence-corrected chi connectivity index (χ0v) is 14.1. The van der Waals surface area contributed by atoms with E-state index in [9.17, 15) is 4.79 Å². The van der Waals surface area contributed by atoms with Crippen molar-refractivity contribution in [1.82, 2.24) is 9.36 Å². The molecule has 1 saturated heterocycles. The Kier molecular flexibility index (Phi) is 4.76. The van der Waals surface area contributed by atoms with Crippen LogP contribution in [-0.4, -0.2) is 41.6 Å². The first-order chi connectivity index (χ1) is 11.2. The number of ether oxygens (including phenoxy) is 1. The number of benzene rings is 1. The van der Waals surface area contributed by atoms with Crippen molar-refractivity contribution >= 4 is 28.3 Å². The molecular formula is C16H20N4O2S. The maximum Gasteiger partial charge on any atom is 0.337 e. The van der Waals surface area contributed by atoms with Gasteiger partial charge in [-0.05, 0) is 38.0 Å². The van der Waals surface area contributed by atoms with Gasteiger partial charge < -0.3 is 15.0 Å². The number of piperidine rings is 1. The highest BCUT2D eigenvalue weighted by Gasteiger charge is 2.21. The molecule has 1 aromatic heterocycles. The molecule has 2 aromatic rings. The molecule has 0 unspecified atom stereocenters. The van der Waals surface area contributed by atoms with Crippen LogP contribution in [0.1, 0.15) is 29.0 Å². The second-order valence-corrected chi connectivity index (χ2v) is 6.33. The van der Waals surface area contributed by atoms with E-state index >= 15 is 0 Å². The maximum absolute atomic E-state index is 11.6. The number of hydrogen-bond acceptors (Lipinski definition) is 7. The first kappa shape index (κ1) is 15.7. The minimum absolute atomic E-state index is 0.310. The van der Waals surface area contributed by atoms with Crippen molar-refractivity contribution in [3.63, 3.8) is 0 Å². The van der Waals surface area contributed by atoms with Crippen LogP contribution in [0.3, 0.4) is 0 Å². The molecule has 1 aliphatic heterocycles. The third-order valence-electron chi connectivity index (χ3n) is 3.94. The molecule has 1 N–H and O–H groups in total. The van der Waals surface area contributed by atoms with E-state index in [1.165, 1.54) is 18.6 Å². The van der Waals surface area contributed by atoms with E-state index in [2.05, 4.69) is 19.6 Å². The molecule has 122 valence electrons. The second-order valence-electron chi connectivity index (χ2n) is 5.60. The van der Waals surface area contributed by atoms with E-state index in [1.54, 1.807) is 6.07 Å². The molecule has 7 heteroatoms. The SMILES string of the molecule is COC(=O)c1cccc(NC2CCN(c3nc(C)ns3)CC2)c1. The number of methoxy groups -OCH3 is 1. The molecule has 6 nitrogen and oxygen atoms in total. The summed E-state index contributed by atoms with van der Waals surface area (Å²) in [5, 5.41) is 4.52. The van der Waals surface area contributed by atoms with Gasteiger partial charge in [0.15, 0.2) is 0 Å². The number of carbonyl (C=O) groups is 1. The van der Waals surface area contributed by atoms with Crippen LogP contribution in [0.2, 0.25) is 0 Å². The van der Waals surface area contributed by atoms with Crippen LogP contribution < -0.4 is 10.2 Å². The van der Waals surface area contributed by atoms with Crippen LogP contribution in [0, 0.1) is 6.92 Å². The third kappa shape index (κ3) is 3.79. The fraction of sp³-hybridized carbons (Fsp3) is 0.438. The number of aromatic nitrogens is 2. The maximum atomic E-state index is 11.6. The number of carbonyl (C=O) groups excluding carboxylic acids is 1. The second kappa shape index (κ2) is 6.95. The van der Waals surface area contributed by atoms with Gasteiger partial charge in [-0.1, -0.05) is 6.07 Å². The topological polar surface area (TPSA) is 67.3 Å². The Balaban J connectivity index is 1.57. The molecule has 3 rings (SSSR count). The molecule has 0 radical (unpaired) electrons. The minimum atomic E-state index is -0.310. The normalized spacial score (nSPS) is 15.5. The van der Waals surface area contributed by atoms with Crippen molar-refractivity contribution in [1.29, 1.82) is 0 Å². The quantitative estimate of drug-likeness (QED) is 0.868. The Morgan fingerprint density at radius 3 is 2.83 bits per heavy atom. The van der Waals surface area contributed by atoms with E-state index in [4.69, 9.17) is 4.74 Å². The Morgan fingerprint density at radius 1 is 1.39 bits per heavy atom. The van der Waals surface area contributed by atoms with Crippen molar-refractivity contribution in [3.8, 4) is 0 Å². The monoisotopic (exact) mass is 332 g/mol. The Morgan fingerprint density at radius 2 is 2.17 bits per heavy atom. The van der Waals surface area contributed by atoms with Crippen molar-refractivity contribution in [2.75, 3.05) is 30.4 Å². The molecule has 0 saturated carbocycles. The van der Waals surface area contributed by atoms with Gasteiger partial charge in [-0.3, -0.25) is 0 Å². The van der Waals surface area contributed by atoms with Gasteiger partial charge in [0.25, 0.3) is 0 Å². The van der Waals surface area contributed by atoms with Crippen molar-refractivity contribution < 1.29 is 9.53 Å². The zero-order valence-electron chi connectivity index (χ0n) is 13.3.